The van der Waals surface area contributed by atoms with Crippen molar-refractivity contribution in [3.8, 4) is 0 Å². The molecule has 4 nitrogen and oxygen atoms in total. The van der Waals surface area contributed by atoms with Crippen LogP contribution in [-0.4, -0.2) is 15.7 Å². The maximum absolute atomic E-state index is 12.4. The Kier molecular flexibility index (Phi) is 3.51. The number of fused-ring (bicyclic) bond motifs is 1. The smallest absolute Gasteiger partial charge is 0.261 e. The van der Waals surface area contributed by atoms with E-state index in [4.69, 9.17) is 0 Å². The van der Waals surface area contributed by atoms with E-state index < -0.39 is 0 Å². The molecular formula is C16H17N3OS. The third-order valence-corrected chi connectivity index (χ3v) is 4.77. The predicted molar refractivity (Wildman–Crippen MR) is 85.7 cm³/mol. The lowest BCUT2D eigenvalue weighted by Crippen LogP contribution is -2.25. The molecule has 0 unspecified atom stereocenters. The molecule has 0 fully saturated rings. The third kappa shape index (κ3) is 2.56. The van der Waals surface area contributed by atoms with Crippen molar-refractivity contribution >= 4 is 27.5 Å². The first-order valence-electron chi connectivity index (χ1n) is 6.85. The maximum Gasteiger partial charge on any atom is 0.261 e. The molecule has 0 aliphatic heterocycles. The van der Waals surface area contributed by atoms with Gasteiger partial charge in [-0.1, -0.05) is 30.3 Å². The second-order valence-electron chi connectivity index (χ2n) is 5.14. The summed E-state index contributed by atoms with van der Waals surface area (Å²) >= 11 is 1.48. The molecule has 0 bridgehead atoms. The zero-order valence-electron chi connectivity index (χ0n) is 12.3. The Labute approximate surface area is 127 Å². The Morgan fingerprint density at radius 1 is 1.33 bits per heavy atom. The molecule has 108 valence electrons. The fraction of sp³-hybridized carbons (Fsp3) is 0.250. The Bertz CT molecular complexity index is 754. The highest BCUT2D eigenvalue weighted by atomic mass is 32.1. The van der Waals surface area contributed by atoms with E-state index in [9.17, 15) is 4.79 Å². The monoisotopic (exact) mass is 299 g/mol. The molecule has 2 heterocycles. The number of benzene rings is 1. The van der Waals surface area contributed by atoms with Gasteiger partial charge in [-0.3, -0.25) is 9.48 Å². The Morgan fingerprint density at radius 3 is 2.71 bits per heavy atom. The largest absolute Gasteiger partial charge is 0.345 e. The normalized spacial score (nSPS) is 12.5. The molecule has 0 spiro atoms. The number of nitrogens with one attached hydrogen (secondary N) is 1. The molecule has 1 atom stereocenters. The van der Waals surface area contributed by atoms with E-state index in [1.54, 1.807) is 0 Å². The van der Waals surface area contributed by atoms with Crippen molar-refractivity contribution < 1.29 is 4.79 Å². The first kappa shape index (κ1) is 13.8. The van der Waals surface area contributed by atoms with Crippen molar-refractivity contribution in [2.24, 2.45) is 7.05 Å². The van der Waals surface area contributed by atoms with Crippen LogP contribution < -0.4 is 5.32 Å². The summed E-state index contributed by atoms with van der Waals surface area (Å²) in [5, 5.41) is 8.45. The molecule has 0 aliphatic rings. The zero-order valence-corrected chi connectivity index (χ0v) is 13.1. The minimum Gasteiger partial charge on any atom is -0.345 e. The molecule has 0 aliphatic carbocycles. The molecule has 21 heavy (non-hydrogen) atoms. The number of aryl methyl sites for hydroxylation is 2. The van der Waals surface area contributed by atoms with Crippen molar-refractivity contribution in [3.05, 3.63) is 52.5 Å². The van der Waals surface area contributed by atoms with Gasteiger partial charge in [-0.05, 0) is 25.5 Å². The summed E-state index contributed by atoms with van der Waals surface area (Å²) in [6, 6.07) is 11.9. The maximum atomic E-state index is 12.4. The van der Waals surface area contributed by atoms with Gasteiger partial charge in [0.15, 0.2) is 0 Å². The van der Waals surface area contributed by atoms with Gasteiger partial charge >= 0.3 is 0 Å². The lowest BCUT2D eigenvalue weighted by Gasteiger charge is -2.13. The topological polar surface area (TPSA) is 46.9 Å². The Balaban J connectivity index is 1.82. The molecule has 2 aromatic heterocycles. The van der Waals surface area contributed by atoms with Crippen LogP contribution in [-0.2, 0) is 7.05 Å². The second kappa shape index (κ2) is 5.33. The standard InChI is InChI=1S/C16H17N3OS/c1-10(12-7-5-4-6-8-12)17-15(20)14-9-13-11(2)18-19(3)16(13)21-14/h4-10H,1-3H3,(H,17,20)/t10-/m1/s1. The van der Waals surface area contributed by atoms with Crippen LogP contribution in [0.3, 0.4) is 0 Å². The van der Waals surface area contributed by atoms with Crippen LogP contribution in [0.4, 0.5) is 0 Å². The molecule has 3 aromatic rings. The van der Waals surface area contributed by atoms with Crippen LogP contribution in [0.1, 0.15) is 33.9 Å². The third-order valence-electron chi connectivity index (χ3n) is 3.57. The average molecular weight is 299 g/mol. The highest BCUT2D eigenvalue weighted by Crippen LogP contribution is 2.28. The summed E-state index contributed by atoms with van der Waals surface area (Å²) in [6.07, 6.45) is 0. The Hall–Kier alpha value is -2.14. The lowest BCUT2D eigenvalue weighted by molar-refractivity contribution is 0.0944. The number of rotatable bonds is 3. The number of thiophene rings is 1. The average Bonchev–Trinajstić information content (AvgIpc) is 3.02. The van der Waals surface area contributed by atoms with Crippen LogP contribution in [0.15, 0.2) is 36.4 Å². The summed E-state index contributed by atoms with van der Waals surface area (Å²) in [5.41, 5.74) is 2.06. The molecule has 0 saturated carbocycles. The van der Waals surface area contributed by atoms with Gasteiger partial charge in [-0.2, -0.15) is 5.10 Å². The first-order valence-corrected chi connectivity index (χ1v) is 7.67. The van der Waals surface area contributed by atoms with E-state index >= 15 is 0 Å². The number of hydrogen-bond donors (Lipinski definition) is 1. The second-order valence-corrected chi connectivity index (χ2v) is 6.17. The van der Waals surface area contributed by atoms with Gasteiger partial charge in [0.2, 0.25) is 0 Å². The highest BCUT2D eigenvalue weighted by Gasteiger charge is 2.17. The van der Waals surface area contributed by atoms with Crippen molar-refractivity contribution in [1.82, 2.24) is 15.1 Å². The molecule has 0 radical (unpaired) electrons. The number of carbonyl (C=O) groups excluding carboxylic acids is 1. The number of carbonyl (C=O) groups is 1. The summed E-state index contributed by atoms with van der Waals surface area (Å²) in [6.45, 7) is 3.96. The Morgan fingerprint density at radius 2 is 2.05 bits per heavy atom. The fourth-order valence-electron chi connectivity index (χ4n) is 2.41. The summed E-state index contributed by atoms with van der Waals surface area (Å²) in [4.78, 5) is 14.1. The molecule has 3 rings (SSSR count). The predicted octanol–water partition coefficient (Wildman–Crippen LogP) is 3.43. The minimum atomic E-state index is -0.0352. The summed E-state index contributed by atoms with van der Waals surface area (Å²) < 4.78 is 1.83. The SMILES string of the molecule is Cc1nn(C)c2sc(C(=O)N[C@H](C)c3ccccc3)cc12. The van der Waals surface area contributed by atoms with E-state index in [0.717, 1.165) is 26.4 Å². The molecule has 1 amide bonds. The highest BCUT2D eigenvalue weighted by molar-refractivity contribution is 7.20. The van der Waals surface area contributed by atoms with E-state index in [2.05, 4.69) is 10.4 Å². The van der Waals surface area contributed by atoms with Crippen LogP contribution in [0, 0.1) is 6.92 Å². The van der Waals surface area contributed by atoms with Crippen molar-refractivity contribution in [2.75, 3.05) is 0 Å². The van der Waals surface area contributed by atoms with Gasteiger partial charge in [0.1, 0.15) is 4.83 Å². The summed E-state index contributed by atoms with van der Waals surface area (Å²) in [7, 11) is 1.90. The lowest BCUT2D eigenvalue weighted by atomic mass is 10.1. The number of hydrogen-bond acceptors (Lipinski definition) is 3. The minimum absolute atomic E-state index is 0.0110. The van der Waals surface area contributed by atoms with Crippen molar-refractivity contribution in [3.63, 3.8) is 0 Å². The molecule has 1 N–H and O–H groups in total. The van der Waals surface area contributed by atoms with Gasteiger partial charge < -0.3 is 5.32 Å². The number of amides is 1. The van der Waals surface area contributed by atoms with E-state index in [1.165, 1.54) is 11.3 Å². The van der Waals surface area contributed by atoms with E-state index in [-0.39, 0.29) is 11.9 Å². The van der Waals surface area contributed by atoms with Gasteiger partial charge in [-0.25, -0.2) is 0 Å². The fourth-order valence-corrected chi connectivity index (χ4v) is 3.44. The molecular weight excluding hydrogens is 282 g/mol. The molecule has 5 heteroatoms. The number of aromatic nitrogens is 2. The van der Waals surface area contributed by atoms with E-state index in [0.29, 0.717) is 0 Å². The van der Waals surface area contributed by atoms with Crippen LogP contribution in [0.5, 0.6) is 0 Å². The van der Waals surface area contributed by atoms with Gasteiger partial charge in [0, 0.05) is 12.4 Å². The van der Waals surface area contributed by atoms with Crippen molar-refractivity contribution in [1.29, 1.82) is 0 Å². The van der Waals surface area contributed by atoms with Crippen LogP contribution in [0.2, 0.25) is 0 Å². The molecule has 1 aromatic carbocycles. The first-order chi connectivity index (χ1) is 10.1. The zero-order chi connectivity index (χ0) is 15.0. The quantitative estimate of drug-likeness (QED) is 0.805. The number of nitrogens with zero attached hydrogens (tertiary/aromatic N) is 2. The molecule has 0 saturated heterocycles. The van der Waals surface area contributed by atoms with Gasteiger partial charge in [-0.15, -0.1) is 11.3 Å². The van der Waals surface area contributed by atoms with Gasteiger partial charge in [0.25, 0.3) is 5.91 Å². The van der Waals surface area contributed by atoms with E-state index in [1.807, 2.05) is 62.0 Å². The van der Waals surface area contributed by atoms with Crippen LogP contribution >= 0.6 is 11.3 Å². The van der Waals surface area contributed by atoms with Gasteiger partial charge in [0.05, 0.1) is 16.6 Å². The van der Waals surface area contributed by atoms with Crippen molar-refractivity contribution in [2.45, 2.75) is 19.9 Å². The van der Waals surface area contributed by atoms with Crippen LogP contribution in [0.25, 0.3) is 10.2 Å². The summed E-state index contributed by atoms with van der Waals surface area (Å²) in [5.74, 6) is -0.0352.